The van der Waals surface area contributed by atoms with Crippen LogP contribution in [0.5, 0.6) is 0 Å². The predicted molar refractivity (Wildman–Crippen MR) is 73.6 cm³/mol. The van der Waals surface area contributed by atoms with Crippen LogP contribution in [0.2, 0.25) is 0 Å². The largest absolute Gasteiger partial charge is 0.373 e. The van der Waals surface area contributed by atoms with Crippen molar-refractivity contribution in [3.05, 3.63) is 33.8 Å². The van der Waals surface area contributed by atoms with Gasteiger partial charge in [-0.25, -0.2) is 0 Å². The molecule has 1 aliphatic heterocycles. The van der Waals surface area contributed by atoms with E-state index in [9.17, 15) is 4.79 Å². The molecule has 1 atom stereocenters. The maximum Gasteiger partial charge on any atom is 0.255 e. The van der Waals surface area contributed by atoms with Gasteiger partial charge in [0.05, 0.1) is 18.3 Å². The lowest BCUT2D eigenvalue weighted by Gasteiger charge is -2.32. The van der Waals surface area contributed by atoms with Crippen molar-refractivity contribution < 1.29 is 9.53 Å². The number of amides is 1. The first-order valence-corrected chi connectivity index (χ1v) is 6.79. The zero-order valence-electron chi connectivity index (χ0n) is 10.4. The first kappa shape index (κ1) is 13.5. The van der Waals surface area contributed by atoms with Crippen molar-refractivity contribution in [1.82, 2.24) is 4.90 Å². The number of rotatable bonds is 2. The lowest BCUT2D eigenvalue weighted by atomic mass is 10.1. The van der Waals surface area contributed by atoms with Crippen molar-refractivity contribution in [2.24, 2.45) is 5.73 Å². The van der Waals surface area contributed by atoms with Gasteiger partial charge in [-0.05, 0) is 34.5 Å². The maximum atomic E-state index is 12.4. The molecule has 0 bridgehead atoms. The third-order valence-electron chi connectivity index (χ3n) is 3.11. The second kappa shape index (κ2) is 5.82. The number of carbonyl (C=O) groups excluding carboxylic acids is 1. The minimum Gasteiger partial charge on any atom is -0.373 e. The summed E-state index contributed by atoms with van der Waals surface area (Å²) in [5.74, 6) is 0.0346. The number of aryl methyl sites for hydroxylation is 1. The van der Waals surface area contributed by atoms with Crippen molar-refractivity contribution >= 4 is 21.8 Å². The molecule has 1 heterocycles. The van der Waals surface area contributed by atoms with Gasteiger partial charge in [0.1, 0.15) is 0 Å². The van der Waals surface area contributed by atoms with Crippen LogP contribution >= 0.6 is 15.9 Å². The van der Waals surface area contributed by atoms with Gasteiger partial charge in [-0.1, -0.05) is 12.1 Å². The molecular weight excluding hydrogens is 296 g/mol. The molecule has 18 heavy (non-hydrogen) atoms. The Morgan fingerprint density at radius 2 is 2.39 bits per heavy atom. The number of nitrogens with zero attached hydrogens (tertiary/aromatic N) is 1. The van der Waals surface area contributed by atoms with E-state index in [1.165, 1.54) is 0 Å². The van der Waals surface area contributed by atoms with Gasteiger partial charge in [0.2, 0.25) is 0 Å². The third-order valence-corrected chi connectivity index (χ3v) is 4.16. The zero-order valence-corrected chi connectivity index (χ0v) is 11.9. The Morgan fingerprint density at radius 1 is 1.61 bits per heavy atom. The van der Waals surface area contributed by atoms with Gasteiger partial charge in [-0.3, -0.25) is 4.79 Å². The minimum absolute atomic E-state index is 0.0346. The van der Waals surface area contributed by atoms with E-state index in [1.807, 2.05) is 25.1 Å². The van der Waals surface area contributed by atoms with Crippen LogP contribution in [-0.4, -0.2) is 43.2 Å². The lowest BCUT2D eigenvalue weighted by molar-refractivity contribution is -0.0167. The first-order chi connectivity index (χ1) is 8.63. The molecule has 1 saturated heterocycles. The van der Waals surface area contributed by atoms with Crippen LogP contribution < -0.4 is 5.73 Å². The fourth-order valence-corrected chi connectivity index (χ4v) is 2.46. The Kier molecular flexibility index (Phi) is 4.37. The molecule has 2 N–H and O–H groups in total. The van der Waals surface area contributed by atoms with Crippen LogP contribution in [0, 0.1) is 6.92 Å². The van der Waals surface area contributed by atoms with Crippen molar-refractivity contribution in [2.75, 3.05) is 26.2 Å². The molecule has 1 amide bonds. The molecule has 0 aliphatic carbocycles. The average molecular weight is 313 g/mol. The molecule has 2 rings (SSSR count). The summed E-state index contributed by atoms with van der Waals surface area (Å²) in [6.45, 7) is 4.16. The predicted octanol–water partition coefficient (Wildman–Crippen LogP) is 1.56. The molecule has 5 heteroatoms. The summed E-state index contributed by atoms with van der Waals surface area (Å²) in [7, 11) is 0. The number of ether oxygens (including phenoxy) is 1. The number of hydrogen-bond donors (Lipinski definition) is 1. The van der Waals surface area contributed by atoms with Crippen LogP contribution in [-0.2, 0) is 4.74 Å². The highest BCUT2D eigenvalue weighted by Crippen LogP contribution is 2.23. The molecule has 0 spiro atoms. The van der Waals surface area contributed by atoms with E-state index in [0.717, 1.165) is 10.0 Å². The molecule has 0 radical (unpaired) electrons. The fourth-order valence-electron chi connectivity index (χ4n) is 2.03. The van der Waals surface area contributed by atoms with Crippen molar-refractivity contribution in [3.8, 4) is 0 Å². The molecule has 98 valence electrons. The van der Waals surface area contributed by atoms with E-state index in [-0.39, 0.29) is 12.0 Å². The van der Waals surface area contributed by atoms with Gasteiger partial charge < -0.3 is 15.4 Å². The van der Waals surface area contributed by atoms with E-state index in [2.05, 4.69) is 15.9 Å². The molecule has 1 fully saturated rings. The molecule has 1 aromatic rings. The first-order valence-electron chi connectivity index (χ1n) is 5.99. The average Bonchev–Trinajstić information content (AvgIpc) is 2.41. The molecule has 0 aromatic heterocycles. The van der Waals surface area contributed by atoms with Crippen LogP contribution in [0.25, 0.3) is 0 Å². The SMILES string of the molecule is Cc1cccc(C(=O)N2CCOC(CN)C2)c1Br. The van der Waals surface area contributed by atoms with Crippen LogP contribution in [0.1, 0.15) is 15.9 Å². The Hall–Kier alpha value is -0.910. The van der Waals surface area contributed by atoms with E-state index >= 15 is 0 Å². The molecule has 4 nitrogen and oxygen atoms in total. The lowest BCUT2D eigenvalue weighted by Crippen LogP contribution is -2.48. The van der Waals surface area contributed by atoms with Gasteiger partial charge in [-0.15, -0.1) is 0 Å². The van der Waals surface area contributed by atoms with Gasteiger partial charge in [0.25, 0.3) is 5.91 Å². The number of halogens is 1. The maximum absolute atomic E-state index is 12.4. The van der Waals surface area contributed by atoms with Crippen molar-refractivity contribution in [1.29, 1.82) is 0 Å². The number of carbonyl (C=O) groups is 1. The summed E-state index contributed by atoms with van der Waals surface area (Å²) in [4.78, 5) is 14.2. The smallest absolute Gasteiger partial charge is 0.255 e. The Balaban J connectivity index is 2.18. The number of hydrogen-bond acceptors (Lipinski definition) is 3. The Bertz CT molecular complexity index is 451. The van der Waals surface area contributed by atoms with Crippen LogP contribution in [0.15, 0.2) is 22.7 Å². The van der Waals surface area contributed by atoms with Gasteiger partial charge in [0, 0.05) is 24.1 Å². The third kappa shape index (κ3) is 2.74. The normalized spacial score (nSPS) is 19.9. The van der Waals surface area contributed by atoms with Crippen LogP contribution in [0.4, 0.5) is 0 Å². The highest BCUT2D eigenvalue weighted by Gasteiger charge is 2.25. The summed E-state index contributed by atoms with van der Waals surface area (Å²) in [6.07, 6.45) is -0.0497. The monoisotopic (exact) mass is 312 g/mol. The van der Waals surface area contributed by atoms with E-state index < -0.39 is 0 Å². The zero-order chi connectivity index (χ0) is 13.1. The standard InChI is InChI=1S/C13H17BrN2O2/c1-9-3-2-4-11(12(9)14)13(17)16-5-6-18-10(7-15)8-16/h2-4,10H,5-8,15H2,1H3. The number of benzene rings is 1. The summed E-state index contributed by atoms with van der Waals surface area (Å²) in [5, 5.41) is 0. The minimum atomic E-state index is -0.0497. The van der Waals surface area contributed by atoms with Crippen molar-refractivity contribution in [2.45, 2.75) is 13.0 Å². The summed E-state index contributed by atoms with van der Waals surface area (Å²) < 4.78 is 6.33. The van der Waals surface area contributed by atoms with Gasteiger partial charge >= 0.3 is 0 Å². The highest BCUT2D eigenvalue weighted by molar-refractivity contribution is 9.10. The Morgan fingerprint density at radius 3 is 3.11 bits per heavy atom. The number of morpholine rings is 1. The van der Waals surface area contributed by atoms with Crippen LogP contribution in [0.3, 0.4) is 0 Å². The molecular formula is C13H17BrN2O2. The molecule has 0 saturated carbocycles. The molecule has 1 aromatic carbocycles. The summed E-state index contributed by atoms with van der Waals surface area (Å²) in [6, 6.07) is 5.71. The fraction of sp³-hybridized carbons (Fsp3) is 0.462. The Labute approximate surface area is 115 Å². The quantitative estimate of drug-likeness (QED) is 0.901. The molecule has 1 unspecified atom stereocenters. The van der Waals surface area contributed by atoms with Gasteiger partial charge in [-0.2, -0.15) is 0 Å². The second-order valence-corrected chi connectivity index (χ2v) is 5.21. The van der Waals surface area contributed by atoms with Gasteiger partial charge in [0.15, 0.2) is 0 Å². The van der Waals surface area contributed by atoms with Crippen molar-refractivity contribution in [3.63, 3.8) is 0 Å². The number of nitrogens with two attached hydrogens (primary N) is 1. The van der Waals surface area contributed by atoms with E-state index in [1.54, 1.807) is 4.90 Å². The van der Waals surface area contributed by atoms with E-state index in [4.69, 9.17) is 10.5 Å². The highest BCUT2D eigenvalue weighted by atomic mass is 79.9. The van der Waals surface area contributed by atoms with E-state index in [0.29, 0.717) is 31.8 Å². The second-order valence-electron chi connectivity index (χ2n) is 4.42. The topological polar surface area (TPSA) is 55.6 Å². The summed E-state index contributed by atoms with van der Waals surface area (Å²) >= 11 is 3.48. The molecule has 1 aliphatic rings. The summed E-state index contributed by atoms with van der Waals surface area (Å²) in [5.41, 5.74) is 7.35.